The zero-order chi connectivity index (χ0) is 12.1. The standard InChI is InChI=1S/C12H17NO2S/c1-9-5-6-10-11(7-9)13(16(4,14)15)8-12(10,2)3/h5-7H,8H2,1-4H3. The molecule has 1 aromatic rings. The van der Waals surface area contributed by atoms with Gasteiger partial charge in [0.05, 0.1) is 11.9 Å². The van der Waals surface area contributed by atoms with Gasteiger partial charge in [-0.25, -0.2) is 8.42 Å². The van der Waals surface area contributed by atoms with Gasteiger partial charge in [-0.05, 0) is 24.1 Å². The van der Waals surface area contributed by atoms with Crippen LogP contribution in [0.15, 0.2) is 18.2 Å². The molecule has 0 bridgehead atoms. The molecule has 0 amide bonds. The molecule has 0 radical (unpaired) electrons. The van der Waals surface area contributed by atoms with Gasteiger partial charge >= 0.3 is 0 Å². The van der Waals surface area contributed by atoms with Crippen LogP contribution in [-0.2, 0) is 15.4 Å². The van der Waals surface area contributed by atoms with Crippen LogP contribution in [0.5, 0.6) is 0 Å². The number of sulfonamides is 1. The van der Waals surface area contributed by atoms with E-state index in [1.54, 1.807) is 0 Å². The molecule has 3 nitrogen and oxygen atoms in total. The van der Waals surface area contributed by atoms with E-state index >= 15 is 0 Å². The van der Waals surface area contributed by atoms with Crippen molar-refractivity contribution in [2.24, 2.45) is 0 Å². The highest BCUT2D eigenvalue weighted by molar-refractivity contribution is 7.92. The third-order valence-corrected chi connectivity index (χ3v) is 4.22. The molecule has 0 aromatic heterocycles. The average Bonchev–Trinajstić information content (AvgIpc) is 2.37. The first-order valence-electron chi connectivity index (χ1n) is 5.31. The summed E-state index contributed by atoms with van der Waals surface area (Å²) in [5.74, 6) is 0. The topological polar surface area (TPSA) is 37.4 Å². The van der Waals surface area contributed by atoms with E-state index < -0.39 is 10.0 Å². The summed E-state index contributed by atoms with van der Waals surface area (Å²) in [5, 5.41) is 0. The SMILES string of the molecule is Cc1ccc2c(c1)N(S(C)(=O)=O)CC2(C)C. The molecule has 0 fully saturated rings. The fraction of sp³-hybridized carbons (Fsp3) is 0.500. The lowest BCUT2D eigenvalue weighted by atomic mass is 9.87. The summed E-state index contributed by atoms with van der Waals surface area (Å²) in [6.07, 6.45) is 1.26. The minimum absolute atomic E-state index is 0.105. The van der Waals surface area contributed by atoms with Crippen LogP contribution in [0.2, 0.25) is 0 Å². The Kier molecular flexibility index (Phi) is 2.31. The van der Waals surface area contributed by atoms with Gasteiger partial charge in [0.25, 0.3) is 0 Å². The maximum atomic E-state index is 11.7. The van der Waals surface area contributed by atoms with Crippen molar-refractivity contribution in [2.75, 3.05) is 17.1 Å². The number of hydrogen-bond donors (Lipinski definition) is 0. The van der Waals surface area contributed by atoms with Crippen LogP contribution in [-0.4, -0.2) is 21.2 Å². The second-order valence-corrected chi connectivity index (χ2v) is 7.08. The van der Waals surface area contributed by atoms with Gasteiger partial charge in [-0.15, -0.1) is 0 Å². The lowest BCUT2D eigenvalue weighted by molar-refractivity contribution is 0.557. The quantitative estimate of drug-likeness (QED) is 0.752. The molecule has 0 atom stereocenters. The molecular weight excluding hydrogens is 222 g/mol. The zero-order valence-electron chi connectivity index (χ0n) is 10.1. The number of rotatable bonds is 1. The van der Waals surface area contributed by atoms with Gasteiger partial charge < -0.3 is 0 Å². The first-order valence-corrected chi connectivity index (χ1v) is 7.15. The molecular formula is C12H17NO2S. The molecule has 4 heteroatoms. The van der Waals surface area contributed by atoms with Gasteiger partial charge in [0.2, 0.25) is 10.0 Å². The van der Waals surface area contributed by atoms with Crippen LogP contribution in [0.1, 0.15) is 25.0 Å². The Labute approximate surface area is 97.1 Å². The van der Waals surface area contributed by atoms with Gasteiger partial charge in [-0.2, -0.15) is 0 Å². The molecule has 0 saturated carbocycles. The van der Waals surface area contributed by atoms with Crippen molar-refractivity contribution in [3.63, 3.8) is 0 Å². The van der Waals surface area contributed by atoms with Crippen molar-refractivity contribution in [2.45, 2.75) is 26.2 Å². The molecule has 1 aliphatic heterocycles. The van der Waals surface area contributed by atoms with E-state index in [1.807, 2.05) is 25.1 Å². The molecule has 2 rings (SSSR count). The second kappa shape index (κ2) is 3.23. The van der Waals surface area contributed by atoms with Crippen LogP contribution in [0.4, 0.5) is 5.69 Å². The Balaban J connectivity index is 2.66. The highest BCUT2D eigenvalue weighted by atomic mass is 32.2. The molecule has 16 heavy (non-hydrogen) atoms. The monoisotopic (exact) mass is 239 g/mol. The highest BCUT2D eigenvalue weighted by Crippen LogP contribution is 2.41. The Bertz CT molecular complexity index is 532. The minimum Gasteiger partial charge on any atom is -0.269 e. The summed E-state index contributed by atoms with van der Waals surface area (Å²) in [4.78, 5) is 0. The van der Waals surface area contributed by atoms with E-state index in [0.29, 0.717) is 6.54 Å². The fourth-order valence-electron chi connectivity index (χ4n) is 2.25. The molecule has 0 aliphatic carbocycles. The van der Waals surface area contributed by atoms with Crippen molar-refractivity contribution in [3.05, 3.63) is 29.3 Å². The maximum absolute atomic E-state index is 11.7. The van der Waals surface area contributed by atoms with E-state index in [9.17, 15) is 8.42 Å². The third kappa shape index (κ3) is 1.71. The lowest BCUT2D eigenvalue weighted by Crippen LogP contribution is -2.33. The van der Waals surface area contributed by atoms with Crippen LogP contribution >= 0.6 is 0 Å². The van der Waals surface area contributed by atoms with Crippen LogP contribution in [0.25, 0.3) is 0 Å². The summed E-state index contributed by atoms with van der Waals surface area (Å²) < 4.78 is 25.0. The number of aryl methyl sites for hydroxylation is 1. The summed E-state index contributed by atoms with van der Waals surface area (Å²) in [5.41, 5.74) is 2.94. The van der Waals surface area contributed by atoms with Gasteiger partial charge in [0.15, 0.2) is 0 Å². The van der Waals surface area contributed by atoms with Gasteiger partial charge in [0, 0.05) is 12.0 Å². The predicted molar refractivity (Wildman–Crippen MR) is 66.4 cm³/mol. The van der Waals surface area contributed by atoms with Crippen molar-refractivity contribution in [1.29, 1.82) is 0 Å². The maximum Gasteiger partial charge on any atom is 0.232 e. The summed E-state index contributed by atoms with van der Waals surface area (Å²) in [6, 6.07) is 6.02. The minimum atomic E-state index is -3.17. The Hall–Kier alpha value is -1.03. The second-order valence-electron chi connectivity index (χ2n) is 5.17. The van der Waals surface area contributed by atoms with Crippen molar-refractivity contribution < 1.29 is 8.42 Å². The van der Waals surface area contributed by atoms with E-state index in [1.165, 1.54) is 10.6 Å². The highest BCUT2D eigenvalue weighted by Gasteiger charge is 2.38. The van der Waals surface area contributed by atoms with Gasteiger partial charge in [0.1, 0.15) is 0 Å². The van der Waals surface area contributed by atoms with Crippen LogP contribution in [0, 0.1) is 6.92 Å². The lowest BCUT2D eigenvalue weighted by Gasteiger charge is -2.20. The summed E-state index contributed by atoms with van der Waals surface area (Å²) >= 11 is 0. The Morgan fingerprint density at radius 3 is 2.50 bits per heavy atom. The number of benzene rings is 1. The molecule has 0 saturated heterocycles. The van der Waals surface area contributed by atoms with E-state index in [-0.39, 0.29) is 5.41 Å². The first-order chi connectivity index (χ1) is 7.22. The fourth-order valence-corrected chi connectivity index (χ4v) is 3.31. The normalized spacial score (nSPS) is 18.6. The Morgan fingerprint density at radius 1 is 1.31 bits per heavy atom. The largest absolute Gasteiger partial charge is 0.269 e. The van der Waals surface area contributed by atoms with E-state index in [0.717, 1.165) is 16.8 Å². The predicted octanol–water partition coefficient (Wildman–Crippen LogP) is 2.05. The molecule has 0 N–H and O–H groups in total. The number of anilines is 1. The van der Waals surface area contributed by atoms with Gasteiger partial charge in [-0.3, -0.25) is 4.31 Å². The molecule has 1 aliphatic rings. The Morgan fingerprint density at radius 2 is 1.94 bits per heavy atom. The summed E-state index contributed by atoms with van der Waals surface area (Å²) in [7, 11) is -3.17. The molecule has 88 valence electrons. The molecule has 1 aromatic carbocycles. The molecule has 0 unspecified atom stereocenters. The molecule has 0 spiro atoms. The van der Waals surface area contributed by atoms with Crippen molar-refractivity contribution in [3.8, 4) is 0 Å². The van der Waals surface area contributed by atoms with Crippen molar-refractivity contribution in [1.82, 2.24) is 0 Å². The smallest absolute Gasteiger partial charge is 0.232 e. The van der Waals surface area contributed by atoms with E-state index in [4.69, 9.17) is 0 Å². The number of nitrogens with zero attached hydrogens (tertiary/aromatic N) is 1. The van der Waals surface area contributed by atoms with Crippen molar-refractivity contribution >= 4 is 15.7 Å². The number of hydrogen-bond acceptors (Lipinski definition) is 2. The summed E-state index contributed by atoms with van der Waals surface area (Å²) in [6.45, 7) is 6.66. The third-order valence-electron chi connectivity index (χ3n) is 3.09. The molecule has 1 heterocycles. The number of fused-ring (bicyclic) bond motifs is 1. The van der Waals surface area contributed by atoms with E-state index in [2.05, 4.69) is 13.8 Å². The van der Waals surface area contributed by atoms with Crippen LogP contribution in [0.3, 0.4) is 0 Å². The van der Waals surface area contributed by atoms with Crippen LogP contribution < -0.4 is 4.31 Å². The van der Waals surface area contributed by atoms with Gasteiger partial charge in [-0.1, -0.05) is 26.0 Å². The average molecular weight is 239 g/mol. The zero-order valence-corrected chi connectivity index (χ0v) is 10.9. The first kappa shape index (κ1) is 11.5.